The molecule has 3 amide bonds. The molecule has 1 aromatic heterocycles. The molecule has 0 saturated carbocycles. The third kappa shape index (κ3) is 2.85. The third-order valence-corrected chi connectivity index (χ3v) is 3.13. The van der Waals surface area contributed by atoms with Crippen LogP contribution in [-0.4, -0.2) is 46.0 Å². The van der Waals surface area contributed by atoms with Gasteiger partial charge in [-0.1, -0.05) is 0 Å². The summed E-state index contributed by atoms with van der Waals surface area (Å²) in [7, 11) is 0. The molecule has 2 heterocycles. The predicted molar refractivity (Wildman–Crippen MR) is 69.1 cm³/mol. The Labute approximate surface area is 114 Å². The Morgan fingerprint density at radius 3 is 2.80 bits per heavy atom. The Hall–Kier alpha value is -2.64. The number of pyridine rings is 1. The highest BCUT2D eigenvalue weighted by Crippen LogP contribution is 2.18. The number of nitrogens with one attached hydrogen (secondary N) is 1. The van der Waals surface area contributed by atoms with Crippen LogP contribution in [0.15, 0.2) is 18.3 Å². The first-order chi connectivity index (χ1) is 9.49. The van der Waals surface area contributed by atoms with Crippen molar-refractivity contribution in [3.8, 4) is 0 Å². The Morgan fingerprint density at radius 1 is 1.45 bits per heavy atom. The molecule has 1 saturated heterocycles. The van der Waals surface area contributed by atoms with Gasteiger partial charge in [-0.15, -0.1) is 0 Å². The molecule has 8 heteroatoms. The number of anilines is 1. The summed E-state index contributed by atoms with van der Waals surface area (Å²) >= 11 is 0. The van der Waals surface area contributed by atoms with E-state index in [0.29, 0.717) is 13.0 Å². The summed E-state index contributed by atoms with van der Waals surface area (Å²) in [6.45, 7) is 0.645. The minimum atomic E-state index is -1.22. The van der Waals surface area contributed by atoms with Crippen LogP contribution >= 0.6 is 0 Å². The molecule has 0 spiro atoms. The summed E-state index contributed by atoms with van der Waals surface area (Å²) in [5.74, 6) is -2.01. The largest absolute Gasteiger partial charge is 0.476 e. The number of hydrogen-bond acceptors (Lipinski definition) is 4. The smallest absolute Gasteiger partial charge is 0.356 e. The molecule has 1 fully saturated rings. The lowest BCUT2D eigenvalue weighted by Gasteiger charge is -2.17. The maximum Gasteiger partial charge on any atom is 0.356 e. The Bertz CT molecular complexity index is 560. The van der Waals surface area contributed by atoms with Crippen LogP contribution in [0, 0.1) is 5.92 Å². The van der Waals surface area contributed by atoms with E-state index in [9.17, 15) is 14.4 Å². The topological polar surface area (TPSA) is 126 Å². The van der Waals surface area contributed by atoms with Gasteiger partial charge in [0, 0.05) is 19.3 Å². The lowest BCUT2D eigenvalue weighted by atomic mass is 10.1. The quantitative estimate of drug-likeness (QED) is 0.724. The number of likely N-dealkylation sites (tertiary alicyclic amines) is 1. The normalized spacial score (nSPS) is 17.8. The Kier molecular flexibility index (Phi) is 3.83. The van der Waals surface area contributed by atoms with Gasteiger partial charge in [0.2, 0.25) is 5.91 Å². The van der Waals surface area contributed by atoms with Gasteiger partial charge in [0.15, 0.2) is 5.69 Å². The van der Waals surface area contributed by atoms with Crippen LogP contribution in [0.1, 0.15) is 16.9 Å². The summed E-state index contributed by atoms with van der Waals surface area (Å²) in [5, 5.41) is 11.5. The molecule has 0 aliphatic carbocycles. The fraction of sp³-hybridized carbons (Fsp3) is 0.333. The molecule has 1 aliphatic rings. The number of rotatable bonds is 3. The van der Waals surface area contributed by atoms with Crippen molar-refractivity contribution in [2.45, 2.75) is 6.42 Å². The number of urea groups is 1. The number of carbonyl (C=O) groups is 3. The number of nitrogens with zero attached hydrogens (tertiary/aromatic N) is 2. The van der Waals surface area contributed by atoms with Crippen LogP contribution in [0.25, 0.3) is 0 Å². The van der Waals surface area contributed by atoms with Gasteiger partial charge < -0.3 is 21.1 Å². The van der Waals surface area contributed by atoms with Crippen molar-refractivity contribution in [2.75, 3.05) is 18.4 Å². The van der Waals surface area contributed by atoms with E-state index in [1.807, 2.05) is 0 Å². The molecule has 0 bridgehead atoms. The Morgan fingerprint density at radius 2 is 2.20 bits per heavy atom. The lowest BCUT2D eigenvalue weighted by Crippen LogP contribution is -2.35. The monoisotopic (exact) mass is 278 g/mol. The van der Waals surface area contributed by atoms with Crippen molar-refractivity contribution < 1.29 is 19.5 Å². The lowest BCUT2D eigenvalue weighted by molar-refractivity contribution is -0.121. The number of carboxylic acids is 1. The highest BCUT2D eigenvalue weighted by Gasteiger charge is 2.30. The number of nitrogens with two attached hydrogens (primary N) is 1. The molecule has 8 nitrogen and oxygen atoms in total. The van der Waals surface area contributed by atoms with E-state index in [1.54, 1.807) is 0 Å². The molecule has 1 atom stereocenters. The van der Waals surface area contributed by atoms with Crippen molar-refractivity contribution >= 4 is 23.6 Å². The van der Waals surface area contributed by atoms with Crippen molar-refractivity contribution in [3.63, 3.8) is 0 Å². The van der Waals surface area contributed by atoms with Crippen LogP contribution < -0.4 is 11.1 Å². The second kappa shape index (κ2) is 5.55. The number of carboxylic acid groups (broad SMARTS) is 1. The number of aromatic carboxylic acids is 1. The highest BCUT2D eigenvalue weighted by atomic mass is 16.4. The number of primary amides is 1. The van der Waals surface area contributed by atoms with Gasteiger partial charge in [-0.3, -0.25) is 4.79 Å². The second-order valence-corrected chi connectivity index (χ2v) is 4.47. The summed E-state index contributed by atoms with van der Waals surface area (Å²) < 4.78 is 0. The van der Waals surface area contributed by atoms with Crippen molar-refractivity contribution in [1.29, 1.82) is 0 Å². The molecule has 1 aromatic rings. The summed E-state index contributed by atoms with van der Waals surface area (Å²) in [5.41, 5.74) is 5.08. The molecule has 0 aromatic carbocycles. The van der Waals surface area contributed by atoms with Crippen LogP contribution in [0.4, 0.5) is 10.5 Å². The minimum absolute atomic E-state index is 0.118. The summed E-state index contributed by atoms with van der Waals surface area (Å²) in [6.07, 6.45) is 1.85. The molecule has 1 unspecified atom stereocenters. The van der Waals surface area contributed by atoms with E-state index in [2.05, 4.69) is 10.3 Å². The van der Waals surface area contributed by atoms with Gasteiger partial charge in [-0.25, -0.2) is 14.6 Å². The van der Waals surface area contributed by atoms with E-state index >= 15 is 0 Å². The first kappa shape index (κ1) is 13.8. The van der Waals surface area contributed by atoms with Gasteiger partial charge >= 0.3 is 12.0 Å². The standard InChI is InChI=1S/C12H14N4O4/c13-10(17)7-3-5-16(6-7)12(20)15-8-2-1-4-14-9(8)11(18)19/h1-2,4,7H,3,5-6H2,(H2,13,17)(H,15,20)(H,18,19). The molecule has 20 heavy (non-hydrogen) atoms. The van der Waals surface area contributed by atoms with E-state index in [-0.39, 0.29) is 23.8 Å². The first-order valence-corrected chi connectivity index (χ1v) is 6.02. The maximum atomic E-state index is 12.0. The zero-order chi connectivity index (χ0) is 14.7. The molecule has 0 radical (unpaired) electrons. The van der Waals surface area contributed by atoms with Crippen molar-refractivity contribution in [1.82, 2.24) is 9.88 Å². The van der Waals surface area contributed by atoms with Crippen LogP contribution in [0.5, 0.6) is 0 Å². The predicted octanol–water partition coefficient (Wildman–Crippen LogP) is 0.119. The average molecular weight is 278 g/mol. The van der Waals surface area contributed by atoms with Gasteiger partial charge in [0.05, 0.1) is 11.6 Å². The Balaban J connectivity index is 2.06. The van der Waals surface area contributed by atoms with E-state index in [1.165, 1.54) is 23.2 Å². The van der Waals surface area contributed by atoms with Crippen LogP contribution in [-0.2, 0) is 4.79 Å². The molecule has 106 valence electrons. The number of hydrogen-bond donors (Lipinski definition) is 3. The molecular weight excluding hydrogens is 264 g/mol. The van der Waals surface area contributed by atoms with Gasteiger partial charge in [-0.05, 0) is 18.6 Å². The van der Waals surface area contributed by atoms with Crippen LogP contribution in [0.2, 0.25) is 0 Å². The van der Waals surface area contributed by atoms with Crippen LogP contribution in [0.3, 0.4) is 0 Å². The van der Waals surface area contributed by atoms with Crippen molar-refractivity contribution in [2.24, 2.45) is 11.7 Å². The molecule has 1 aliphatic heterocycles. The zero-order valence-corrected chi connectivity index (χ0v) is 10.6. The fourth-order valence-corrected chi connectivity index (χ4v) is 2.05. The minimum Gasteiger partial charge on any atom is -0.476 e. The van der Waals surface area contributed by atoms with E-state index in [0.717, 1.165) is 0 Å². The summed E-state index contributed by atoms with van der Waals surface area (Å²) in [6, 6.07) is 2.51. The fourth-order valence-electron chi connectivity index (χ4n) is 2.05. The SMILES string of the molecule is NC(=O)C1CCN(C(=O)Nc2cccnc2C(=O)O)C1. The van der Waals surface area contributed by atoms with E-state index < -0.39 is 17.9 Å². The molecule has 4 N–H and O–H groups in total. The van der Waals surface area contributed by atoms with Gasteiger partial charge in [0.25, 0.3) is 0 Å². The number of carbonyl (C=O) groups excluding carboxylic acids is 2. The highest BCUT2D eigenvalue weighted by molar-refractivity contribution is 5.98. The van der Waals surface area contributed by atoms with E-state index in [4.69, 9.17) is 10.8 Å². The van der Waals surface area contributed by atoms with Gasteiger partial charge in [-0.2, -0.15) is 0 Å². The maximum absolute atomic E-state index is 12.0. The summed E-state index contributed by atoms with van der Waals surface area (Å²) in [4.78, 5) is 39.1. The molecular formula is C12H14N4O4. The molecule has 2 rings (SSSR count). The average Bonchev–Trinajstić information content (AvgIpc) is 2.89. The van der Waals surface area contributed by atoms with Crippen molar-refractivity contribution in [3.05, 3.63) is 24.0 Å². The number of amides is 3. The zero-order valence-electron chi connectivity index (χ0n) is 10.6. The second-order valence-electron chi connectivity index (χ2n) is 4.47. The third-order valence-electron chi connectivity index (χ3n) is 3.13. The van der Waals surface area contributed by atoms with Gasteiger partial charge in [0.1, 0.15) is 0 Å². The first-order valence-electron chi connectivity index (χ1n) is 6.02. The number of aromatic nitrogens is 1.